The second-order valence-corrected chi connectivity index (χ2v) is 7.29. The molecule has 30 heavy (non-hydrogen) atoms. The fraction of sp³-hybridized carbons (Fsp3) is 0.174. The van der Waals surface area contributed by atoms with Crippen molar-refractivity contribution in [3.63, 3.8) is 0 Å². The normalized spacial score (nSPS) is 14.3. The monoisotopic (exact) mass is 401 g/mol. The van der Waals surface area contributed by atoms with E-state index in [0.29, 0.717) is 24.0 Å². The fourth-order valence-electron chi connectivity index (χ4n) is 3.97. The SMILES string of the molecule is O=C(O)c1cc2cc(=O)[nH]cc2c2cc(-c3ccc(N4CCOCC4)nc3)ccc12. The number of pyridine rings is 2. The molecule has 4 aromatic rings. The summed E-state index contributed by atoms with van der Waals surface area (Å²) < 4.78 is 5.39. The number of fused-ring (bicyclic) bond motifs is 3. The number of carboxylic acid groups (broad SMARTS) is 1. The molecule has 0 unspecified atom stereocenters. The van der Waals surface area contributed by atoms with Crippen LogP contribution in [0.15, 0.2) is 59.7 Å². The molecule has 2 aromatic heterocycles. The number of ether oxygens (including phenoxy) is 1. The van der Waals surface area contributed by atoms with Gasteiger partial charge in [0.2, 0.25) is 5.56 Å². The van der Waals surface area contributed by atoms with Crippen LogP contribution in [0.25, 0.3) is 32.7 Å². The van der Waals surface area contributed by atoms with Crippen molar-refractivity contribution in [2.24, 2.45) is 0 Å². The number of carboxylic acids is 1. The molecule has 3 heterocycles. The Bertz CT molecular complexity index is 1320. The van der Waals surface area contributed by atoms with E-state index in [-0.39, 0.29) is 11.1 Å². The fourth-order valence-corrected chi connectivity index (χ4v) is 3.97. The maximum Gasteiger partial charge on any atom is 0.336 e. The second kappa shape index (κ2) is 7.27. The van der Waals surface area contributed by atoms with E-state index in [1.54, 1.807) is 12.3 Å². The first-order valence-corrected chi connectivity index (χ1v) is 9.72. The Morgan fingerprint density at radius 1 is 1.00 bits per heavy atom. The molecule has 5 rings (SSSR count). The molecule has 0 spiro atoms. The summed E-state index contributed by atoms with van der Waals surface area (Å²) >= 11 is 0. The summed E-state index contributed by atoms with van der Waals surface area (Å²) in [6, 6.07) is 12.7. The van der Waals surface area contributed by atoms with Gasteiger partial charge in [0.1, 0.15) is 5.82 Å². The number of anilines is 1. The first-order valence-electron chi connectivity index (χ1n) is 9.72. The first-order chi connectivity index (χ1) is 14.6. The van der Waals surface area contributed by atoms with Gasteiger partial charge in [-0.25, -0.2) is 9.78 Å². The van der Waals surface area contributed by atoms with Crippen molar-refractivity contribution in [3.05, 3.63) is 70.8 Å². The van der Waals surface area contributed by atoms with Gasteiger partial charge < -0.3 is 19.7 Å². The van der Waals surface area contributed by atoms with Gasteiger partial charge in [-0.1, -0.05) is 12.1 Å². The molecule has 0 amide bonds. The lowest BCUT2D eigenvalue weighted by molar-refractivity contribution is 0.0699. The van der Waals surface area contributed by atoms with Crippen molar-refractivity contribution in [1.29, 1.82) is 0 Å². The molecule has 7 nitrogen and oxygen atoms in total. The minimum Gasteiger partial charge on any atom is -0.478 e. The number of aromatic nitrogens is 2. The standard InChI is InChI=1S/C23H19N3O4/c27-22-11-16-10-19(23(28)29)17-3-1-14(9-18(17)20(16)13-25-22)15-2-4-21(24-12-15)26-5-7-30-8-6-26/h1-4,9-13H,5-8H2,(H,25,27)(H,28,29). The van der Waals surface area contributed by atoms with Crippen LogP contribution in [0.4, 0.5) is 5.82 Å². The van der Waals surface area contributed by atoms with E-state index in [9.17, 15) is 14.7 Å². The van der Waals surface area contributed by atoms with Gasteiger partial charge in [0.15, 0.2) is 0 Å². The highest BCUT2D eigenvalue weighted by Gasteiger charge is 2.15. The molecular weight excluding hydrogens is 382 g/mol. The molecule has 1 saturated heterocycles. The topological polar surface area (TPSA) is 95.5 Å². The smallest absolute Gasteiger partial charge is 0.336 e. The number of nitrogens with one attached hydrogen (secondary N) is 1. The van der Waals surface area contributed by atoms with Crippen molar-refractivity contribution < 1.29 is 14.6 Å². The Labute approximate surface area is 171 Å². The third-order valence-corrected chi connectivity index (χ3v) is 5.50. The average molecular weight is 401 g/mol. The summed E-state index contributed by atoms with van der Waals surface area (Å²) in [5.41, 5.74) is 1.78. The van der Waals surface area contributed by atoms with Crippen LogP contribution in [-0.4, -0.2) is 47.3 Å². The van der Waals surface area contributed by atoms with Gasteiger partial charge in [-0.3, -0.25) is 4.79 Å². The van der Waals surface area contributed by atoms with Crippen molar-refractivity contribution in [2.75, 3.05) is 31.2 Å². The predicted molar refractivity (Wildman–Crippen MR) is 115 cm³/mol. The van der Waals surface area contributed by atoms with Crippen molar-refractivity contribution in [2.45, 2.75) is 0 Å². The van der Waals surface area contributed by atoms with Gasteiger partial charge in [-0.05, 0) is 46.0 Å². The highest BCUT2D eigenvalue weighted by molar-refractivity contribution is 6.16. The van der Waals surface area contributed by atoms with Gasteiger partial charge in [0.05, 0.1) is 18.8 Å². The van der Waals surface area contributed by atoms with Crippen LogP contribution in [0, 0.1) is 0 Å². The molecule has 2 N–H and O–H groups in total. The lowest BCUT2D eigenvalue weighted by atomic mass is 9.95. The summed E-state index contributed by atoms with van der Waals surface area (Å²) in [5.74, 6) is -0.106. The van der Waals surface area contributed by atoms with Crippen molar-refractivity contribution >= 4 is 33.3 Å². The number of rotatable bonds is 3. The number of morpholine rings is 1. The van der Waals surface area contributed by atoms with E-state index in [0.717, 1.165) is 40.8 Å². The molecule has 1 aliphatic rings. The quantitative estimate of drug-likeness (QED) is 0.512. The molecule has 0 saturated carbocycles. The molecule has 0 aliphatic carbocycles. The number of hydrogen-bond acceptors (Lipinski definition) is 5. The lowest BCUT2D eigenvalue weighted by Crippen LogP contribution is -2.36. The number of benzene rings is 2. The summed E-state index contributed by atoms with van der Waals surface area (Å²) in [4.78, 5) is 33.0. The maximum absolute atomic E-state index is 11.8. The highest BCUT2D eigenvalue weighted by atomic mass is 16.5. The third-order valence-electron chi connectivity index (χ3n) is 5.50. The van der Waals surface area contributed by atoms with Crippen LogP contribution in [0.3, 0.4) is 0 Å². The zero-order chi connectivity index (χ0) is 20.7. The summed E-state index contributed by atoms with van der Waals surface area (Å²) in [6.07, 6.45) is 3.46. The first kappa shape index (κ1) is 18.3. The summed E-state index contributed by atoms with van der Waals surface area (Å²) in [6.45, 7) is 3.05. The van der Waals surface area contributed by atoms with Crippen LogP contribution >= 0.6 is 0 Å². The van der Waals surface area contributed by atoms with Crippen molar-refractivity contribution in [1.82, 2.24) is 9.97 Å². The van der Waals surface area contributed by atoms with Gasteiger partial charge in [0, 0.05) is 42.5 Å². The number of carbonyl (C=O) groups is 1. The Balaban J connectivity index is 1.63. The van der Waals surface area contributed by atoms with E-state index < -0.39 is 5.97 Å². The molecule has 7 heteroatoms. The molecule has 150 valence electrons. The average Bonchev–Trinajstić information content (AvgIpc) is 2.78. The van der Waals surface area contributed by atoms with Gasteiger partial charge in [0.25, 0.3) is 0 Å². The molecule has 0 radical (unpaired) electrons. The summed E-state index contributed by atoms with van der Waals surface area (Å²) in [7, 11) is 0. The predicted octanol–water partition coefficient (Wildman–Crippen LogP) is 3.28. The number of hydrogen-bond donors (Lipinski definition) is 2. The second-order valence-electron chi connectivity index (χ2n) is 7.29. The Morgan fingerprint density at radius 2 is 1.80 bits per heavy atom. The Morgan fingerprint density at radius 3 is 2.53 bits per heavy atom. The zero-order valence-corrected chi connectivity index (χ0v) is 16.1. The molecule has 1 aliphatic heterocycles. The van der Waals surface area contributed by atoms with Gasteiger partial charge >= 0.3 is 5.97 Å². The zero-order valence-electron chi connectivity index (χ0n) is 16.1. The van der Waals surface area contributed by atoms with Crippen LogP contribution in [0.2, 0.25) is 0 Å². The van der Waals surface area contributed by atoms with Gasteiger partial charge in [-0.15, -0.1) is 0 Å². The van der Waals surface area contributed by atoms with Crippen LogP contribution < -0.4 is 10.5 Å². The van der Waals surface area contributed by atoms with E-state index in [4.69, 9.17) is 4.74 Å². The molecule has 0 bridgehead atoms. The number of nitrogens with zero attached hydrogens (tertiary/aromatic N) is 2. The number of H-pyrrole nitrogens is 1. The van der Waals surface area contributed by atoms with Crippen LogP contribution in [-0.2, 0) is 4.74 Å². The molecule has 1 fully saturated rings. The van der Waals surface area contributed by atoms with E-state index >= 15 is 0 Å². The Hall–Kier alpha value is -3.71. The largest absolute Gasteiger partial charge is 0.478 e. The Kier molecular flexibility index (Phi) is 4.44. The number of aromatic amines is 1. The lowest BCUT2D eigenvalue weighted by Gasteiger charge is -2.27. The molecular formula is C23H19N3O4. The minimum atomic E-state index is -1.02. The summed E-state index contributed by atoms with van der Waals surface area (Å²) in [5, 5.41) is 12.4. The van der Waals surface area contributed by atoms with Crippen LogP contribution in [0.5, 0.6) is 0 Å². The number of aromatic carboxylic acids is 1. The maximum atomic E-state index is 11.8. The molecule has 0 atom stereocenters. The van der Waals surface area contributed by atoms with Gasteiger partial charge in [-0.2, -0.15) is 0 Å². The van der Waals surface area contributed by atoms with E-state index in [2.05, 4.69) is 14.9 Å². The highest BCUT2D eigenvalue weighted by Crippen LogP contribution is 2.32. The third kappa shape index (κ3) is 3.19. The van der Waals surface area contributed by atoms with Crippen molar-refractivity contribution in [3.8, 4) is 11.1 Å². The van der Waals surface area contributed by atoms with E-state index in [1.807, 2.05) is 36.5 Å². The minimum absolute atomic E-state index is 0.176. The van der Waals surface area contributed by atoms with E-state index in [1.165, 1.54) is 6.07 Å². The van der Waals surface area contributed by atoms with Crippen LogP contribution in [0.1, 0.15) is 10.4 Å². The molecule has 2 aromatic carbocycles.